The second kappa shape index (κ2) is 9.52. The van der Waals surface area contributed by atoms with Crippen LogP contribution < -0.4 is 10.2 Å². The largest absolute Gasteiger partial charge is 0.324 e. The predicted molar refractivity (Wildman–Crippen MR) is 126 cm³/mol. The molecule has 1 aliphatic heterocycles. The van der Waals surface area contributed by atoms with Crippen molar-refractivity contribution in [3.05, 3.63) is 100 Å². The summed E-state index contributed by atoms with van der Waals surface area (Å²) >= 11 is 0. The number of hydrogen-bond donors (Lipinski definition) is 1. The van der Waals surface area contributed by atoms with Crippen LogP contribution in [0.2, 0.25) is 0 Å². The number of non-ortho nitro benzene ring substituents is 1. The van der Waals surface area contributed by atoms with E-state index >= 15 is 0 Å². The molecule has 8 nitrogen and oxygen atoms in total. The molecular weight excluding hydrogens is 420 g/mol. The molecule has 0 aromatic heterocycles. The summed E-state index contributed by atoms with van der Waals surface area (Å²) in [6.07, 6.45) is 0.836. The number of benzene rings is 3. The van der Waals surface area contributed by atoms with Crippen LogP contribution in [0, 0.1) is 10.1 Å². The summed E-state index contributed by atoms with van der Waals surface area (Å²) in [6.45, 7) is 3.30. The Labute approximate surface area is 191 Å². The Morgan fingerprint density at radius 3 is 2.42 bits per heavy atom. The number of hydrogen-bond acceptors (Lipinski definition) is 4. The number of nitro benzene ring substituents is 1. The molecular formula is C25H24N4O4. The van der Waals surface area contributed by atoms with Crippen LogP contribution in [0.25, 0.3) is 0 Å². The summed E-state index contributed by atoms with van der Waals surface area (Å²) in [5.41, 5.74) is 2.55. The molecule has 168 valence electrons. The van der Waals surface area contributed by atoms with Crippen molar-refractivity contribution < 1.29 is 14.5 Å². The van der Waals surface area contributed by atoms with E-state index in [2.05, 4.69) is 5.32 Å². The van der Waals surface area contributed by atoms with E-state index in [4.69, 9.17) is 0 Å². The zero-order valence-electron chi connectivity index (χ0n) is 18.2. The molecule has 3 aromatic carbocycles. The first-order valence-electron chi connectivity index (χ1n) is 10.7. The Balaban J connectivity index is 1.49. The van der Waals surface area contributed by atoms with Gasteiger partial charge in [-0.2, -0.15) is 0 Å². The minimum Gasteiger partial charge on any atom is -0.322 e. The van der Waals surface area contributed by atoms with E-state index < -0.39 is 4.92 Å². The molecule has 0 spiro atoms. The molecule has 1 atom stereocenters. The summed E-state index contributed by atoms with van der Waals surface area (Å²) in [6, 6.07) is 22.3. The smallest absolute Gasteiger partial charge is 0.322 e. The summed E-state index contributed by atoms with van der Waals surface area (Å²) in [5.74, 6) is -0.383. The van der Waals surface area contributed by atoms with Crippen LogP contribution in [0.1, 0.15) is 35.3 Å². The zero-order chi connectivity index (χ0) is 23.4. The fourth-order valence-corrected chi connectivity index (χ4v) is 3.95. The van der Waals surface area contributed by atoms with Crippen LogP contribution in [0.5, 0.6) is 0 Å². The number of nitro groups is 1. The van der Waals surface area contributed by atoms with E-state index in [0.29, 0.717) is 30.0 Å². The lowest BCUT2D eigenvalue weighted by Crippen LogP contribution is -2.50. The molecule has 1 N–H and O–H groups in total. The topological polar surface area (TPSA) is 95.8 Å². The molecule has 0 unspecified atom stereocenters. The quantitative estimate of drug-likeness (QED) is 0.415. The number of nitrogens with one attached hydrogen (secondary N) is 1. The zero-order valence-corrected chi connectivity index (χ0v) is 18.2. The molecule has 1 saturated heterocycles. The standard InChI is InChI=1S/C25H24N4O4/c1-18(19-7-3-2-4-8-19)27-15-6-16-28(25(27)31)23-10-5-9-21(17-23)26-24(30)20-11-13-22(14-12-20)29(32)33/h2-5,7-14,17-18H,6,15-16H2,1H3,(H,26,30)/t18-/m1/s1. The van der Waals surface area contributed by atoms with Gasteiger partial charge in [-0.05, 0) is 49.2 Å². The normalized spacial score (nSPS) is 14.6. The van der Waals surface area contributed by atoms with Gasteiger partial charge in [0.1, 0.15) is 0 Å². The van der Waals surface area contributed by atoms with Gasteiger partial charge in [0, 0.05) is 42.2 Å². The molecule has 3 aromatic rings. The Morgan fingerprint density at radius 1 is 1.00 bits per heavy atom. The number of urea groups is 1. The van der Waals surface area contributed by atoms with Gasteiger partial charge in [0.25, 0.3) is 11.6 Å². The highest BCUT2D eigenvalue weighted by atomic mass is 16.6. The fourth-order valence-electron chi connectivity index (χ4n) is 3.95. The maximum Gasteiger partial charge on any atom is 0.324 e. The molecule has 1 heterocycles. The highest BCUT2D eigenvalue weighted by Gasteiger charge is 2.30. The molecule has 0 saturated carbocycles. The van der Waals surface area contributed by atoms with E-state index in [0.717, 1.165) is 12.0 Å². The monoisotopic (exact) mass is 444 g/mol. The van der Waals surface area contributed by atoms with Gasteiger partial charge in [0.05, 0.1) is 11.0 Å². The summed E-state index contributed by atoms with van der Waals surface area (Å²) < 4.78 is 0. The molecule has 3 amide bonds. The highest BCUT2D eigenvalue weighted by molar-refractivity contribution is 6.05. The lowest BCUT2D eigenvalue weighted by molar-refractivity contribution is -0.384. The predicted octanol–water partition coefficient (Wildman–Crippen LogP) is 5.24. The number of amides is 3. The molecule has 1 aliphatic rings. The van der Waals surface area contributed by atoms with Gasteiger partial charge in [0.2, 0.25) is 0 Å². The Morgan fingerprint density at radius 2 is 1.73 bits per heavy atom. The van der Waals surface area contributed by atoms with Crippen molar-refractivity contribution >= 4 is 29.0 Å². The summed E-state index contributed by atoms with van der Waals surface area (Å²) in [4.78, 5) is 39.7. The van der Waals surface area contributed by atoms with Crippen molar-refractivity contribution in [2.75, 3.05) is 23.3 Å². The van der Waals surface area contributed by atoms with E-state index in [1.807, 2.05) is 48.2 Å². The summed E-state index contributed by atoms with van der Waals surface area (Å²) in [5, 5.41) is 13.6. The number of carbonyl (C=O) groups is 2. The molecule has 0 radical (unpaired) electrons. The average Bonchev–Trinajstić information content (AvgIpc) is 2.84. The van der Waals surface area contributed by atoms with E-state index in [1.54, 1.807) is 23.1 Å². The minimum atomic E-state index is -0.511. The van der Waals surface area contributed by atoms with Crippen LogP contribution in [-0.4, -0.2) is 34.9 Å². The maximum absolute atomic E-state index is 13.3. The third kappa shape index (κ3) is 4.85. The van der Waals surface area contributed by atoms with Gasteiger partial charge in [-0.15, -0.1) is 0 Å². The molecule has 4 rings (SSSR count). The van der Waals surface area contributed by atoms with Crippen molar-refractivity contribution in [2.24, 2.45) is 0 Å². The lowest BCUT2D eigenvalue weighted by atomic mass is 10.1. The van der Waals surface area contributed by atoms with E-state index in [1.165, 1.54) is 24.3 Å². The Kier molecular flexibility index (Phi) is 6.35. The van der Waals surface area contributed by atoms with E-state index in [9.17, 15) is 19.7 Å². The Bertz CT molecular complexity index is 1160. The third-order valence-electron chi connectivity index (χ3n) is 5.76. The molecule has 33 heavy (non-hydrogen) atoms. The Hall–Kier alpha value is -4.20. The van der Waals surface area contributed by atoms with Crippen molar-refractivity contribution in [1.82, 2.24) is 4.90 Å². The minimum absolute atomic E-state index is 0.0495. The van der Waals surface area contributed by atoms with Crippen LogP contribution >= 0.6 is 0 Å². The fraction of sp³-hybridized carbons (Fsp3) is 0.200. The highest BCUT2D eigenvalue weighted by Crippen LogP contribution is 2.29. The van der Waals surface area contributed by atoms with Gasteiger partial charge >= 0.3 is 6.03 Å². The van der Waals surface area contributed by atoms with Crippen molar-refractivity contribution in [2.45, 2.75) is 19.4 Å². The van der Waals surface area contributed by atoms with Gasteiger partial charge < -0.3 is 10.2 Å². The molecule has 8 heteroatoms. The second-order valence-electron chi connectivity index (χ2n) is 7.88. The first-order valence-corrected chi connectivity index (χ1v) is 10.7. The maximum atomic E-state index is 13.3. The van der Waals surface area contributed by atoms with Gasteiger partial charge in [-0.25, -0.2) is 4.79 Å². The first-order chi connectivity index (χ1) is 15.9. The van der Waals surface area contributed by atoms with Crippen LogP contribution in [-0.2, 0) is 0 Å². The molecule has 0 aliphatic carbocycles. The van der Waals surface area contributed by atoms with Crippen molar-refractivity contribution in [3.8, 4) is 0 Å². The first kappa shape index (κ1) is 22.0. The number of carbonyl (C=O) groups excluding carboxylic acids is 2. The summed E-state index contributed by atoms with van der Waals surface area (Å²) in [7, 11) is 0. The van der Waals surface area contributed by atoms with Crippen molar-refractivity contribution in [3.63, 3.8) is 0 Å². The third-order valence-corrected chi connectivity index (χ3v) is 5.76. The number of rotatable bonds is 6. The van der Waals surface area contributed by atoms with E-state index in [-0.39, 0.29) is 23.7 Å². The second-order valence-corrected chi connectivity index (χ2v) is 7.88. The number of anilines is 2. The lowest BCUT2D eigenvalue weighted by Gasteiger charge is -2.39. The van der Waals surface area contributed by atoms with Gasteiger partial charge in [-0.3, -0.25) is 19.8 Å². The number of nitrogens with zero attached hydrogens (tertiary/aromatic N) is 3. The van der Waals surface area contributed by atoms with Gasteiger partial charge in [-0.1, -0.05) is 36.4 Å². The van der Waals surface area contributed by atoms with Gasteiger partial charge in [0.15, 0.2) is 0 Å². The van der Waals surface area contributed by atoms with Crippen LogP contribution in [0.4, 0.5) is 21.9 Å². The van der Waals surface area contributed by atoms with Crippen LogP contribution in [0.3, 0.4) is 0 Å². The SMILES string of the molecule is C[C@H](c1ccccc1)N1CCCN(c2cccc(NC(=O)c3ccc([N+](=O)[O-])cc3)c2)C1=O. The van der Waals surface area contributed by atoms with Crippen molar-refractivity contribution in [1.29, 1.82) is 0 Å². The molecule has 0 bridgehead atoms. The average molecular weight is 444 g/mol. The van der Waals surface area contributed by atoms with Crippen LogP contribution in [0.15, 0.2) is 78.9 Å². The molecule has 1 fully saturated rings.